The second-order valence-electron chi connectivity index (χ2n) is 3.02. The van der Waals surface area contributed by atoms with E-state index in [1.54, 1.807) is 23.0 Å². The molecule has 2 aromatic heterocycles. The van der Waals surface area contributed by atoms with Crippen molar-refractivity contribution >= 4 is 37.4 Å². The molecule has 0 N–H and O–H groups in total. The summed E-state index contributed by atoms with van der Waals surface area (Å²) in [5, 5.41) is 2.76. The highest BCUT2D eigenvalue weighted by Gasteiger charge is 2.09. The molecule has 2 aromatic rings. The van der Waals surface area contributed by atoms with Gasteiger partial charge in [-0.2, -0.15) is 0 Å². The minimum absolute atomic E-state index is 0.0636. The Morgan fingerprint density at radius 1 is 1.54 bits per heavy atom. The number of fused-ring (bicyclic) bond motifs is 1. The van der Waals surface area contributed by atoms with E-state index in [1.165, 1.54) is 0 Å². The fourth-order valence-electron chi connectivity index (χ4n) is 1.41. The Morgan fingerprint density at radius 2 is 2.23 bits per heavy atom. The van der Waals surface area contributed by atoms with Gasteiger partial charge in [0.05, 0.1) is 5.39 Å². The Kier molecular flexibility index (Phi) is 2.04. The van der Waals surface area contributed by atoms with E-state index in [0.717, 1.165) is 20.1 Å². The van der Waals surface area contributed by atoms with Gasteiger partial charge in [0, 0.05) is 27.8 Å². The van der Waals surface area contributed by atoms with Gasteiger partial charge in [0.2, 0.25) is 0 Å². The van der Waals surface area contributed by atoms with Crippen LogP contribution in [0.1, 0.15) is 5.56 Å². The largest absolute Gasteiger partial charge is 0.318 e. The zero-order valence-corrected chi connectivity index (χ0v) is 9.70. The van der Waals surface area contributed by atoms with Gasteiger partial charge in [-0.3, -0.25) is 4.79 Å². The summed E-state index contributed by atoms with van der Waals surface area (Å²) in [6.45, 7) is 2.02. The molecule has 2 rings (SSSR count). The van der Waals surface area contributed by atoms with Crippen molar-refractivity contribution in [3.63, 3.8) is 0 Å². The Bertz CT molecular complexity index is 526. The average Bonchev–Trinajstić information content (AvgIpc) is 2.44. The molecule has 0 unspecified atom stereocenters. The maximum atomic E-state index is 11.7. The SMILES string of the molecule is Cc1cn(C)c(=O)c2c(Br)csc12. The average molecular weight is 258 g/mol. The van der Waals surface area contributed by atoms with Crippen molar-refractivity contribution in [2.24, 2.45) is 7.05 Å². The molecule has 0 aliphatic carbocycles. The van der Waals surface area contributed by atoms with Crippen molar-refractivity contribution < 1.29 is 0 Å². The number of pyridine rings is 1. The lowest BCUT2D eigenvalue weighted by atomic mass is 10.2. The molecule has 0 spiro atoms. The third kappa shape index (κ3) is 1.25. The lowest BCUT2D eigenvalue weighted by Crippen LogP contribution is -2.15. The Hall–Kier alpha value is -0.610. The Balaban J connectivity index is 3.10. The Morgan fingerprint density at radius 3 is 2.92 bits per heavy atom. The summed E-state index contributed by atoms with van der Waals surface area (Å²) >= 11 is 4.99. The quantitative estimate of drug-likeness (QED) is 0.712. The first-order valence-electron chi connectivity index (χ1n) is 3.84. The standard InChI is InChI=1S/C9H8BrNOS/c1-5-3-11(2)9(12)7-6(10)4-13-8(5)7/h3-4H,1-2H3. The highest BCUT2D eigenvalue weighted by Crippen LogP contribution is 2.29. The normalized spacial score (nSPS) is 11.0. The number of hydrogen-bond donors (Lipinski definition) is 0. The van der Waals surface area contributed by atoms with E-state index in [2.05, 4.69) is 15.9 Å². The number of aromatic nitrogens is 1. The van der Waals surface area contributed by atoms with E-state index in [-0.39, 0.29) is 5.56 Å². The van der Waals surface area contributed by atoms with Gasteiger partial charge in [-0.05, 0) is 28.4 Å². The first-order chi connectivity index (χ1) is 6.11. The second kappa shape index (κ2) is 2.96. The van der Waals surface area contributed by atoms with E-state index in [0.29, 0.717) is 0 Å². The van der Waals surface area contributed by atoms with E-state index in [9.17, 15) is 4.79 Å². The lowest BCUT2D eigenvalue weighted by molar-refractivity contribution is 0.866. The first kappa shape index (κ1) is 8.97. The third-order valence-electron chi connectivity index (χ3n) is 2.03. The van der Waals surface area contributed by atoms with Crippen LogP contribution >= 0.6 is 27.3 Å². The molecule has 2 heterocycles. The van der Waals surface area contributed by atoms with Crippen molar-refractivity contribution in [2.75, 3.05) is 0 Å². The lowest BCUT2D eigenvalue weighted by Gasteiger charge is -2.00. The van der Waals surface area contributed by atoms with Gasteiger partial charge in [0.15, 0.2) is 0 Å². The predicted molar refractivity (Wildman–Crippen MR) is 59.5 cm³/mol. The van der Waals surface area contributed by atoms with Gasteiger partial charge in [-0.25, -0.2) is 0 Å². The van der Waals surface area contributed by atoms with Crippen LogP contribution in [0.5, 0.6) is 0 Å². The van der Waals surface area contributed by atoms with Gasteiger partial charge in [0.1, 0.15) is 0 Å². The van der Waals surface area contributed by atoms with E-state index in [4.69, 9.17) is 0 Å². The topological polar surface area (TPSA) is 22.0 Å². The monoisotopic (exact) mass is 257 g/mol. The maximum Gasteiger partial charge on any atom is 0.260 e. The Labute approximate surface area is 87.9 Å². The molecule has 68 valence electrons. The molecule has 0 bridgehead atoms. The summed E-state index contributed by atoms with van der Waals surface area (Å²) in [6, 6.07) is 0. The number of hydrogen-bond acceptors (Lipinski definition) is 2. The number of nitrogens with zero attached hydrogens (tertiary/aromatic N) is 1. The molecule has 0 aliphatic rings. The van der Waals surface area contributed by atoms with Gasteiger partial charge in [-0.15, -0.1) is 11.3 Å². The molecule has 0 aromatic carbocycles. The predicted octanol–water partition coefficient (Wildman–Crippen LogP) is 2.67. The van der Waals surface area contributed by atoms with Gasteiger partial charge in [-0.1, -0.05) is 0 Å². The highest BCUT2D eigenvalue weighted by atomic mass is 79.9. The van der Waals surface area contributed by atoms with E-state index < -0.39 is 0 Å². The molecule has 0 saturated heterocycles. The van der Waals surface area contributed by atoms with Crippen LogP contribution in [0.4, 0.5) is 0 Å². The molecule has 0 atom stereocenters. The second-order valence-corrected chi connectivity index (χ2v) is 4.75. The summed E-state index contributed by atoms with van der Waals surface area (Å²) < 4.78 is 3.60. The first-order valence-corrected chi connectivity index (χ1v) is 5.51. The number of aryl methyl sites for hydroxylation is 2. The summed E-state index contributed by atoms with van der Waals surface area (Å²) in [5.41, 5.74) is 1.21. The minimum Gasteiger partial charge on any atom is -0.318 e. The van der Waals surface area contributed by atoms with Crippen LogP contribution in [0.2, 0.25) is 0 Å². The zero-order chi connectivity index (χ0) is 9.59. The molecule has 0 aliphatic heterocycles. The van der Waals surface area contributed by atoms with Crippen LogP contribution < -0.4 is 5.56 Å². The fourth-order valence-corrected chi connectivity index (χ4v) is 3.08. The van der Waals surface area contributed by atoms with Crippen LogP contribution in [0.25, 0.3) is 10.1 Å². The van der Waals surface area contributed by atoms with Crippen LogP contribution in [-0.4, -0.2) is 4.57 Å². The van der Waals surface area contributed by atoms with Crippen molar-refractivity contribution in [2.45, 2.75) is 6.92 Å². The van der Waals surface area contributed by atoms with Crippen LogP contribution in [0.15, 0.2) is 20.8 Å². The van der Waals surface area contributed by atoms with E-state index in [1.807, 2.05) is 18.5 Å². The number of halogens is 1. The minimum atomic E-state index is 0.0636. The van der Waals surface area contributed by atoms with Gasteiger partial charge < -0.3 is 4.57 Å². The van der Waals surface area contributed by atoms with Gasteiger partial charge in [0.25, 0.3) is 5.56 Å². The molecule has 0 radical (unpaired) electrons. The summed E-state index contributed by atoms with van der Waals surface area (Å²) in [5.74, 6) is 0. The molecular formula is C9H8BrNOS. The zero-order valence-electron chi connectivity index (χ0n) is 7.30. The van der Waals surface area contributed by atoms with Crippen LogP contribution in [0, 0.1) is 6.92 Å². The fraction of sp³-hybridized carbons (Fsp3) is 0.222. The van der Waals surface area contributed by atoms with E-state index >= 15 is 0 Å². The van der Waals surface area contributed by atoms with Crippen molar-refractivity contribution in [1.82, 2.24) is 4.57 Å². The maximum absolute atomic E-state index is 11.7. The smallest absolute Gasteiger partial charge is 0.260 e. The van der Waals surface area contributed by atoms with Crippen LogP contribution in [0.3, 0.4) is 0 Å². The molecule has 0 fully saturated rings. The van der Waals surface area contributed by atoms with Crippen molar-refractivity contribution in [3.8, 4) is 0 Å². The van der Waals surface area contributed by atoms with Crippen LogP contribution in [-0.2, 0) is 7.05 Å². The molecule has 0 amide bonds. The molecule has 13 heavy (non-hydrogen) atoms. The molecule has 4 heteroatoms. The summed E-state index contributed by atoms with van der Waals surface area (Å²) in [7, 11) is 1.78. The van der Waals surface area contributed by atoms with Crippen molar-refractivity contribution in [3.05, 3.63) is 32.0 Å². The molecular weight excluding hydrogens is 250 g/mol. The highest BCUT2D eigenvalue weighted by molar-refractivity contribution is 9.10. The summed E-state index contributed by atoms with van der Waals surface area (Å²) in [6.07, 6.45) is 1.87. The number of thiophene rings is 1. The number of rotatable bonds is 0. The molecule has 0 saturated carbocycles. The molecule has 2 nitrogen and oxygen atoms in total. The third-order valence-corrected chi connectivity index (χ3v) is 4.07. The van der Waals surface area contributed by atoms with Crippen molar-refractivity contribution in [1.29, 1.82) is 0 Å². The summed E-state index contributed by atoms with van der Waals surface area (Å²) in [4.78, 5) is 11.7. The van der Waals surface area contributed by atoms with Gasteiger partial charge >= 0.3 is 0 Å².